The van der Waals surface area contributed by atoms with Gasteiger partial charge in [-0.25, -0.2) is 9.97 Å². The standard InChI is InChI=1S/C25H26N8OS/c1-2-18-19(14-26)24(33-12-10-32(11-13-33)16-21-29-8-9-30-21)31-25(20(18)15-27)35-22(23(28)34)17-6-4-3-5-7-17/h3-9,22H,2,10-13,16H2,1H3,(H2,28,34)(H,29,30). The van der Waals surface area contributed by atoms with Crippen LogP contribution in [0.25, 0.3) is 0 Å². The maximum atomic E-state index is 12.3. The van der Waals surface area contributed by atoms with Crippen molar-refractivity contribution in [2.45, 2.75) is 30.2 Å². The Morgan fingerprint density at radius 3 is 2.46 bits per heavy atom. The van der Waals surface area contributed by atoms with Crippen molar-refractivity contribution in [1.82, 2.24) is 19.9 Å². The topological polar surface area (TPSA) is 139 Å². The number of H-pyrrole nitrogens is 1. The van der Waals surface area contributed by atoms with Crippen molar-refractivity contribution in [1.29, 1.82) is 10.5 Å². The number of nitriles is 2. The third-order valence-corrected chi connectivity index (χ3v) is 7.27. The van der Waals surface area contributed by atoms with E-state index in [9.17, 15) is 15.3 Å². The van der Waals surface area contributed by atoms with E-state index in [1.165, 1.54) is 0 Å². The van der Waals surface area contributed by atoms with Gasteiger partial charge < -0.3 is 15.6 Å². The number of nitrogens with zero attached hydrogens (tertiary/aromatic N) is 6. The van der Waals surface area contributed by atoms with Gasteiger partial charge in [-0.2, -0.15) is 10.5 Å². The summed E-state index contributed by atoms with van der Waals surface area (Å²) in [6.07, 6.45) is 4.05. The number of aromatic nitrogens is 3. The molecule has 0 aliphatic carbocycles. The molecule has 2 aromatic heterocycles. The summed E-state index contributed by atoms with van der Waals surface area (Å²) in [6.45, 7) is 5.57. The quantitative estimate of drug-likeness (QED) is 0.464. The van der Waals surface area contributed by atoms with Crippen LogP contribution >= 0.6 is 11.8 Å². The molecule has 0 saturated carbocycles. The number of imidazole rings is 1. The molecule has 1 atom stereocenters. The van der Waals surface area contributed by atoms with Crippen LogP contribution in [0.4, 0.5) is 5.82 Å². The molecular weight excluding hydrogens is 460 g/mol. The summed E-state index contributed by atoms with van der Waals surface area (Å²) in [4.78, 5) is 28.9. The van der Waals surface area contributed by atoms with Crippen LogP contribution in [0, 0.1) is 22.7 Å². The molecule has 4 rings (SSSR count). The number of pyridine rings is 1. The lowest BCUT2D eigenvalue weighted by Crippen LogP contribution is -2.46. The van der Waals surface area contributed by atoms with E-state index < -0.39 is 11.2 Å². The van der Waals surface area contributed by atoms with Crippen molar-refractivity contribution < 1.29 is 4.79 Å². The molecule has 0 bridgehead atoms. The van der Waals surface area contributed by atoms with Gasteiger partial charge in [0.05, 0.1) is 17.7 Å². The second kappa shape index (κ2) is 11.0. The number of anilines is 1. The molecule has 1 fully saturated rings. The molecule has 1 saturated heterocycles. The molecule has 1 aromatic carbocycles. The number of carbonyl (C=O) groups excluding carboxylic acids is 1. The van der Waals surface area contributed by atoms with Gasteiger partial charge in [0, 0.05) is 38.6 Å². The number of carbonyl (C=O) groups is 1. The van der Waals surface area contributed by atoms with Gasteiger partial charge in [0.25, 0.3) is 0 Å². The van der Waals surface area contributed by atoms with Crippen LogP contribution in [0.1, 0.15) is 40.3 Å². The lowest BCUT2D eigenvalue weighted by atomic mass is 10.0. The molecule has 35 heavy (non-hydrogen) atoms. The summed E-state index contributed by atoms with van der Waals surface area (Å²) in [5.41, 5.74) is 7.88. The number of amides is 1. The summed E-state index contributed by atoms with van der Waals surface area (Å²) in [5, 5.41) is 19.7. The lowest BCUT2D eigenvalue weighted by molar-refractivity contribution is -0.117. The number of benzene rings is 1. The summed E-state index contributed by atoms with van der Waals surface area (Å²) in [7, 11) is 0. The van der Waals surface area contributed by atoms with Gasteiger partial charge in [0.2, 0.25) is 5.91 Å². The Hall–Kier alpha value is -3.86. The van der Waals surface area contributed by atoms with E-state index in [1.807, 2.05) is 43.5 Å². The summed E-state index contributed by atoms with van der Waals surface area (Å²) in [5.74, 6) is 0.959. The molecule has 3 aromatic rings. The molecule has 1 unspecified atom stereocenters. The molecule has 1 amide bonds. The van der Waals surface area contributed by atoms with Crippen molar-refractivity contribution in [3.05, 3.63) is 70.8 Å². The lowest BCUT2D eigenvalue weighted by Gasteiger charge is -2.36. The molecule has 3 N–H and O–H groups in total. The molecule has 0 spiro atoms. The Bertz CT molecular complexity index is 1260. The number of primary amides is 1. The number of hydrogen-bond donors (Lipinski definition) is 2. The SMILES string of the molecule is CCc1c(C#N)c(SC(C(N)=O)c2ccccc2)nc(N2CCN(Cc3ncc[nH]3)CC2)c1C#N. The van der Waals surface area contributed by atoms with E-state index in [4.69, 9.17) is 10.7 Å². The predicted molar refractivity (Wildman–Crippen MR) is 133 cm³/mol. The van der Waals surface area contributed by atoms with E-state index in [1.54, 1.807) is 6.20 Å². The van der Waals surface area contributed by atoms with E-state index in [0.29, 0.717) is 47.0 Å². The highest BCUT2D eigenvalue weighted by atomic mass is 32.2. The fourth-order valence-corrected chi connectivity index (χ4v) is 5.30. The zero-order valence-corrected chi connectivity index (χ0v) is 20.3. The van der Waals surface area contributed by atoms with E-state index >= 15 is 0 Å². The van der Waals surface area contributed by atoms with Crippen LogP contribution in [0.3, 0.4) is 0 Å². The first-order valence-corrected chi connectivity index (χ1v) is 12.3. The molecule has 0 radical (unpaired) electrons. The fourth-order valence-electron chi connectivity index (χ4n) is 4.24. The summed E-state index contributed by atoms with van der Waals surface area (Å²) in [6, 6.07) is 13.7. The number of aromatic amines is 1. The molecule has 9 nitrogen and oxygen atoms in total. The van der Waals surface area contributed by atoms with E-state index in [0.717, 1.165) is 42.8 Å². The van der Waals surface area contributed by atoms with Crippen molar-refractivity contribution in [3.8, 4) is 12.1 Å². The van der Waals surface area contributed by atoms with Crippen LogP contribution < -0.4 is 10.6 Å². The van der Waals surface area contributed by atoms with Crippen molar-refractivity contribution >= 4 is 23.5 Å². The molecule has 178 valence electrons. The van der Waals surface area contributed by atoms with Crippen LogP contribution in [-0.4, -0.2) is 51.9 Å². The predicted octanol–water partition coefficient (Wildman–Crippen LogP) is 2.75. The van der Waals surface area contributed by atoms with Gasteiger partial charge in [0.1, 0.15) is 34.1 Å². The number of piperazine rings is 1. The fraction of sp³-hybridized carbons (Fsp3) is 0.320. The minimum absolute atomic E-state index is 0.330. The van der Waals surface area contributed by atoms with Gasteiger partial charge in [-0.1, -0.05) is 49.0 Å². The second-order valence-electron chi connectivity index (χ2n) is 8.16. The van der Waals surface area contributed by atoms with Gasteiger partial charge in [-0.3, -0.25) is 9.69 Å². The Balaban J connectivity index is 1.66. The highest BCUT2D eigenvalue weighted by molar-refractivity contribution is 8.00. The molecular formula is C25H26N8OS. The maximum absolute atomic E-state index is 12.3. The van der Waals surface area contributed by atoms with Crippen LogP contribution in [0.5, 0.6) is 0 Å². The smallest absolute Gasteiger partial charge is 0.235 e. The molecule has 10 heteroatoms. The third-order valence-electron chi connectivity index (χ3n) is 6.02. The first-order chi connectivity index (χ1) is 17.0. The third kappa shape index (κ3) is 5.29. The number of hydrogen-bond acceptors (Lipinski definition) is 8. The molecule has 3 heterocycles. The highest BCUT2D eigenvalue weighted by Gasteiger charge is 2.28. The van der Waals surface area contributed by atoms with Gasteiger partial charge >= 0.3 is 0 Å². The van der Waals surface area contributed by atoms with Gasteiger partial charge in [0.15, 0.2) is 0 Å². The Labute approximate surface area is 208 Å². The first kappa shape index (κ1) is 24.3. The number of nitrogens with one attached hydrogen (secondary N) is 1. The first-order valence-electron chi connectivity index (χ1n) is 11.4. The van der Waals surface area contributed by atoms with Crippen LogP contribution in [0.2, 0.25) is 0 Å². The Morgan fingerprint density at radius 1 is 1.17 bits per heavy atom. The Morgan fingerprint density at radius 2 is 1.89 bits per heavy atom. The average molecular weight is 487 g/mol. The van der Waals surface area contributed by atoms with Crippen molar-refractivity contribution in [3.63, 3.8) is 0 Å². The Kier molecular flexibility index (Phi) is 7.66. The van der Waals surface area contributed by atoms with E-state index in [2.05, 4.69) is 31.9 Å². The van der Waals surface area contributed by atoms with Gasteiger partial charge in [-0.15, -0.1) is 0 Å². The minimum Gasteiger partial charge on any atom is -0.368 e. The average Bonchev–Trinajstić information content (AvgIpc) is 3.40. The highest BCUT2D eigenvalue weighted by Crippen LogP contribution is 2.39. The van der Waals surface area contributed by atoms with E-state index in [-0.39, 0.29) is 0 Å². The maximum Gasteiger partial charge on any atom is 0.235 e. The van der Waals surface area contributed by atoms with Crippen LogP contribution in [0.15, 0.2) is 47.8 Å². The molecule has 1 aliphatic rings. The monoisotopic (exact) mass is 486 g/mol. The summed E-state index contributed by atoms with van der Waals surface area (Å²) < 4.78 is 0. The minimum atomic E-state index is -0.702. The zero-order valence-electron chi connectivity index (χ0n) is 19.4. The molecule has 1 aliphatic heterocycles. The van der Waals surface area contributed by atoms with Crippen LogP contribution in [-0.2, 0) is 17.8 Å². The zero-order chi connectivity index (χ0) is 24.8. The van der Waals surface area contributed by atoms with Crippen molar-refractivity contribution in [2.24, 2.45) is 5.73 Å². The van der Waals surface area contributed by atoms with Crippen molar-refractivity contribution in [2.75, 3.05) is 31.1 Å². The summed E-state index contributed by atoms with van der Waals surface area (Å²) >= 11 is 1.16. The van der Waals surface area contributed by atoms with Gasteiger partial charge in [-0.05, 0) is 17.5 Å². The number of nitrogens with two attached hydrogens (primary N) is 1. The number of rotatable bonds is 8. The number of thioether (sulfide) groups is 1. The second-order valence-corrected chi connectivity index (χ2v) is 9.25. The largest absolute Gasteiger partial charge is 0.368 e. The normalized spacial score (nSPS) is 14.8.